The number of ether oxygens (including phenoxy) is 1. The van der Waals surface area contributed by atoms with E-state index in [1.54, 1.807) is 0 Å². The van der Waals surface area contributed by atoms with E-state index in [1.807, 2.05) is 24.3 Å². The summed E-state index contributed by atoms with van der Waals surface area (Å²) in [4.78, 5) is 11.7. The molecule has 90 valence electrons. The van der Waals surface area contributed by atoms with Gasteiger partial charge in [0.15, 0.2) is 0 Å². The molecule has 0 fully saturated rings. The van der Waals surface area contributed by atoms with Gasteiger partial charge in [0.2, 0.25) is 0 Å². The number of carbonyl (C=O) groups is 1. The van der Waals surface area contributed by atoms with E-state index < -0.39 is 0 Å². The molecule has 2 aromatic carbocycles. The van der Waals surface area contributed by atoms with Crippen LogP contribution in [0, 0.1) is 6.92 Å². The predicted molar refractivity (Wildman–Crippen MR) is 69.7 cm³/mol. The van der Waals surface area contributed by atoms with E-state index in [9.17, 15) is 4.79 Å². The van der Waals surface area contributed by atoms with Crippen molar-refractivity contribution in [3.8, 4) is 5.75 Å². The summed E-state index contributed by atoms with van der Waals surface area (Å²) in [6, 6.07) is 16.1. The largest absolute Gasteiger partial charge is 0.426 e. The van der Waals surface area contributed by atoms with E-state index in [4.69, 9.17) is 4.74 Å². The maximum absolute atomic E-state index is 11.7. The van der Waals surface area contributed by atoms with Crippen LogP contribution in [0.2, 0.25) is 0 Å². The van der Waals surface area contributed by atoms with Crippen LogP contribution < -0.4 is 4.74 Å². The minimum absolute atomic E-state index is 0.114. The number of fused-ring (bicyclic) bond motifs is 1. The average molecular weight is 238 g/mol. The van der Waals surface area contributed by atoms with Crippen molar-refractivity contribution in [2.45, 2.75) is 19.3 Å². The third-order valence-electron chi connectivity index (χ3n) is 3.37. The molecule has 3 rings (SSSR count). The van der Waals surface area contributed by atoms with Crippen molar-refractivity contribution < 1.29 is 9.53 Å². The van der Waals surface area contributed by atoms with Crippen molar-refractivity contribution in [1.29, 1.82) is 0 Å². The minimum Gasteiger partial charge on any atom is -0.426 e. The van der Waals surface area contributed by atoms with E-state index in [2.05, 4.69) is 31.2 Å². The van der Waals surface area contributed by atoms with Crippen molar-refractivity contribution in [3.63, 3.8) is 0 Å². The zero-order chi connectivity index (χ0) is 12.5. The molecular formula is C16H14O2. The van der Waals surface area contributed by atoms with Gasteiger partial charge in [0.1, 0.15) is 5.75 Å². The number of aryl methyl sites for hydroxylation is 1. The summed E-state index contributed by atoms with van der Waals surface area (Å²) < 4.78 is 5.27. The zero-order valence-electron chi connectivity index (χ0n) is 10.2. The van der Waals surface area contributed by atoms with Crippen LogP contribution >= 0.6 is 0 Å². The molecule has 1 unspecified atom stereocenters. The molecule has 0 aliphatic carbocycles. The van der Waals surface area contributed by atoms with Gasteiger partial charge >= 0.3 is 5.97 Å². The topological polar surface area (TPSA) is 26.3 Å². The Kier molecular flexibility index (Phi) is 2.63. The Bertz CT molecular complexity index is 584. The molecule has 2 aromatic rings. The first-order valence-electron chi connectivity index (χ1n) is 6.10. The summed E-state index contributed by atoms with van der Waals surface area (Å²) >= 11 is 0. The Hall–Kier alpha value is -2.09. The highest BCUT2D eigenvalue weighted by atomic mass is 16.5. The van der Waals surface area contributed by atoms with Crippen LogP contribution in [0.25, 0.3) is 0 Å². The summed E-state index contributed by atoms with van der Waals surface area (Å²) in [5.41, 5.74) is 3.50. The highest BCUT2D eigenvalue weighted by Crippen LogP contribution is 2.38. The Morgan fingerprint density at radius 1 is 1.06 bits per heavy atom. The molecule has 0 amide bonds. The first-order chi connectivity index (χ1) is 8.74. The Balaban J connectivity index is 2.07. The average Bonchev–Trinajstić information content (AvgIpc) is 2.38. The number of carbonyl (C=O) groups excluding carboxylic acids is 1. The minimum atomic E-state index is -0.153. The van der Waals surface area contributed by atoms with E-state index in [0.717, 1.165) is 5.56 Å². The third-order valence-corrected chi connectivity index (χ3v) is 3.37. The van der Waals surface area contributed by atoms with Crippen LogP contribution in [0.1, 0.15) is 29.0 Å². The SMILES string of the molecule is Cc1ccc(C2CC(=O)Oc3ccccc32)cc1. The van der Waals surface area contributed by atoms with Crippen LogP contribution in [0.4, 0.5) is 0 Å². The maximum Gasteiger partial charge on any atom is 0.312 e. The highest BCUT2D eigenvalue weighted by Gasteiger charge is 2.27. The molecule has 0 bridgehead atoms. The smallest absolute Gasteiger partial charge is 0.312 e. The molecule has 0 aromatic heterocycles. The molecule has 18 heavy (non-hydrogen) atoms. The number of rotatable bonds is 1. The number of hydrogen-bond acceptors (Lipinski definition) is 2. The molecule has 1 atom stereocenters. The summed E-state index contributed by atoms with van der Waals surface area (Å²) in [5.74, 6) is 0.654. The van der Waals surface area contributed by atoms with E-state index in [1.165, 1.54) is 11.1 Å². The first-order valence-corrected chi connectivity index (χ1v) is 6.10. The molecule has 0 N–H and O–H groups in total. The molecule has 0 saturated carbocycles. The molecule has 2 nitrogen and oxygen atoms in total. The van der Waals surface area contributed by atoms with Crippen molar-refractivity contribution in [1.82, 2.24) is 0 Å². The van der Waals surface area contributed by atoms with Crippen LogP contribution in [0.15, 0.2) is 48.5 Å². The fourth-order valence-electron chi connectivity index (χ4n) is 2.40. The van der Waals surface area contributed by atoms with Crippen LogP contribution in [0.3, 0.4) is 0 Å². The molecule has 0 saturated heterocycles. The fraction of sp³-hybridized carbons (Fsp3) is 0.188. The van der Waals surface area contributed by atoms with Gasteiger partial charge < -0.3 is 4.74 Å². The molecule has 0 spiro atoms. The van der Waals surface area contributed by atoms with Gasteiger partial charge in [0, 0.05) is 11.5 Å². The monoisotopic (exact) mass is 238 g/mol. The lowest BCUT2D eigenvalue weighted by atomic mass is 9.86. The number of para-hydroxylation sites is 1. The van der Waals surface area contributed by atoms with Gasteiger partial charge in [-0.1, -0.05) is 48.0 Å². The molecule has 0 radical (unpaired) electrons. The maximum atomic E-state index is 11.7. The van der Waals surface area contributed by atoms with Crippen molar-refractivity contribution in [2.24, 2.45) is 0 Å². The van der Waals surface area contributed by atoms with Crippen LogP contribution in [-0.2, 0) is 4.79 Å². The summed E-state index contributed by atoms with van der Waals surface area (Å²) in [7, 11) is 0. The lowest BCUT2D eigenvalue weighted by molar-refractivity contribution is -0.135. The van der Waals surface area contributed by atoms with Gasteiger partial charge in [-0.15, -0.1) is 0 Å². The third kappa shape index (κ3) is 1.90. The highest BCUT2D eigenvalue weighted by molar-refractivity contribution is 5.77. The normalized spacial score (nSPS) is 18.1. The second kappa shape index (κ2) is 4.30. The summed E-state index contributed by atoms with van der Waals surface area (Å²) in [5, 5.41) is 0. The molecule has 1 aliphatic heterocycles. The zero-order valence-corrected chi connectivity index (χ0v) is 10.2. The Labute approximate surface area is 106 Å². The van der Waals surface area contributed by atoms with E-state index >= 15 is 0 Å². The quantitative estimate of drug-likeness (QED) is 0.562. The Morgan fingerprint density at radius 2 is 1.78 bits per heavy atom. The summed E-state index contributed by atoms with van der Waals surface area (Å²) in [6.07, 6.45) is 0.417. The molecule has 1 heterocycles. The second-order valence-electron chi connectivity index (χ2n) is 4.68. The number of benzene rings is 2. The molecule has 1 aliphatic rings. The van der Waals surface area contributed by atoms with Crippen molar-refractivity contribution in [3.05, 3.63) is 65.2 Å². The van der Waals surface area contributed by atoms with Gasteiger partial charge in [-0.3, -0.25) is 4.79 Å². The molecule has 2 heteroatoms. The van der Waals surface area contributed by atoms with Gasteiger partial charge in [-0.25, -0.2) is 0 Å². The predicted octanol–water partition coefficient (Wildman–Crippen LogP) is 3.44. The number of hydrogen-bond donors (Lipinski definition) is 0. The van der Waals surface area contributed by atoms with Gasteiger partial charge in [0.05, 0.1) is 6.42 Å². The lowest BCUT2D eigenvalue weighted by Crippen LogP contribution is -2.20. The second-order valence-corrected chi connectivity index (χ2v) is 4.68. The molecular weight excluding hydrogens is 224 g/mol. The van der Waals surface area contributed by atoms with Gasteiger partial charge in [0.25, 0.3) is 0 Å². The van der Waals surface area contributed by atoms with Crippen LogP contribution in [-0.4, -0.2) is 5.97 Å². The van der Waals surface area contributed by atoms with Gasteiger partial charge in [-0.2, -0.15) is 0 Å². The lowest BCUT2D eigenvalue weighted by Gasteiger charge is -2.24. The van der Waals surface area contributed by atoms with Crippen molar-refractivity contribution in [2.75, 3.05) is 0 Å². The fourth-order valence-corrected chi connectivity index (χ4v) is 2.40. The Morgan fingerprint density at radius 3 is 2.56 bits per heavy atom. The van der Waals surface area contributed by atoms with Crippen molar-refractivity contribution >= 4 is 5.97 Å². The standard InChI is InChI=1S/C16H14O2/c1-11-6-8-12(9-7-11)14-10-16(17)18-15-5-3-2-4-13(14)15/h2-9,14H,10H2,1H3. The number of esters is 1. The van der Waals surface area contributed by atoms with E-state index in [-0.39, 0.29) is 11.9 Å². The van der Waals surface area contributed by atoms with Crippen LogP contribution in [0.5, 0.6) is 5.75 Å². The van der Waals surface area contributed by atoms with E-state index in [0.29, 0.717) is 12.2 Å². The summed E-state index contributed by atoms with van der Waals surface area (Å²) in [6.45, 7) is 2.06. The first kappa shape index (κ1) is 11.0. The van der Waals surface area contributed by atoms with Gasteiger partial charge in [-0.05, 0) is 18.6 Å².